The van der Waals surface area contributed by atoms with Gasteiger partial charge < -0.3 is 33.6 Å². The van der Waals surface area contributed by atoms with Gasteiger partial charge in [0.25, 0.3) is 5.91 Å². The molecule has 5 nitrogen and oxygen atoms in total. The minimum atomic E-state index is -0.708. The van der Waals surface area contributed by atoms with E-state index in [1.807, 2.05) is 5.92 Å². The molecule has 1 rings (SSSR count). The van der Waals surface area contributed by atoms with E-state index in [-0.39, 0.29) is 5.91 Å². The maximum atomic E-state index is 12.2. The Labute approximate surface area is 223 Å². The molecule has 0 fully saturated rings. The van der Waals surface area contributed by atoms with Gasteiger partial charge in [-0.25, -0.2) is 4.79 Å². The van der Waals surface area contributed by atoms with Crippen molar-refractivity contribution in [2.75, 3.05) is 6.61 Å². The van der Waals surface area contributed by atoms with Gasteiger partial charge in [-0.2, -0.15) is 0 Å². The van der Waals surface area contributed by atoms with Crippen LogP contribution in [-0.2, 0) is 46.5 Å². The van der Waals surface area contributed by atoms with Crippen LogP contribution >= 0.6 is 18.9 Å². The van der Waals surface area contributed by atoms with Crippen molar-refractivity contribution >= 4 is 42.7 Å². The molecule has 0 aliphatic rings. The zero-order chi connectivity index (χ0) is 24.6. The zero-order valence-corrected chi connectivity index (χ0v) is 23.6. The van der Waals surface area contributed by atoms with Crippen LogP contribution in [0, 0.1) is 12.3 Å². The predicted octanol–water partition coefficient (Wildman–Crippen LogP) is 6.03. The van der Waals surface area contributed by atoms with Crippen LogP contribution in [0.15, 0.2) is 29.3 Å². The van der Waals surface area contributed by atoms with E-state index >= 15 is 0 Å². The number of halogens is 2. The third-order valence-electron chi connectivity index (χ3n) is 4.31. The van der Waals surface area contributed by atoms with E-state index in [1.165, 1.54) is 38.5 Å². The van der Waals surface area contributed by atoms with E-state index < -0.39 is 12.0 Å². The van der Waals surface area contributed by atoms with Gasteiger partial charge in [0.1, 0.15) is 6.04 Å². The van der Waals surface area contributed by atoms with Gasteiger partial charge in [-0.05, 0) is 37.6 Å². The van der Waals surface area contributed by atoms with E-state index in [0.29, 0.717) is 17.9 Å². The van der Waals surface area contributed by atoms with E-state index in [4.69, 9.17) is 11.2 Å². The van der Waals surface area contributed by atoms with Crippen molar-refractivity contribution in [1.29, 1.82) is 0 Å². The number of ether oxygens (including phenoxy) is 1. The third-order valence-corrected chi connectivity index (χ3v) is 4.31. The molecule has 0 heterocycles. The van der Waals surface area contributed by atoms with Crippen molar-refractivity contribution in [2.45, 2.75) is 71.3 Å². The fourth-order valence-electron chi connectivity index (χ4n) is 2.65. The van der Waals surface area contributed by atoms with Crippen LogP contribution in [0.25, 0.3) is 0 Å². The van der Waals surface area contributed by atoms with Crippen molar-refractivity contribution in [1.82, 2.24) is 5.32 Å². The molecule has 1 atom stereocenters. The number of nitrogens with zero attached hydrogens (tertiary/aromatic N) is 1. The molecule has 0 unspecified atom stereocenters. The second-order valence-corrected chi connectivity index (χ2v) is 6.73. The summed E-state index contributed by atoms with van der Waals surface area (Å²) < 4.78 is 5.25. The second-order valence-electron chi connectivity index (χ2n) is 6.73. The summed E-state index contributed by atoms with van der Waals surface area (Å²) in [7, 11) is 9.10. The number of amides is 1. The van der Waals surface area contributed by atoms with Crippen molar-refractivity contribution in [2.24, 2.45) is 4.99 Å². The Morgan fingerprint density at radius 1 is 1.12 bits per heavy atom. The van der Waals surface area contributed by atoms with Crippen LogP contribution in [-0.4, -0.2) is 30.7 Å². The molecule has 9 heteroatoms. The topological polar surface area (TPSA) is 67.8 Å². The summed E-state index contributed by atoms with van der Waals surface area (Å²) in [4.78, 5) is 28.0. The molecule has 0 bridgehead atoms. The fraction of sp³-hybridized carbons (Fsp3) is 0.522. The molecule has 0 spiro atoms. The van der Waals surface area contributed by atoms with Crippen LogP contribution in [0.1, 0.15) is 75.6 Å². The number of hydrogen-bond donors (Lipinski definition) is 1. The fourth-order valence-corrected chi connectivity index (χ4v) is 2.65. The average Bonchev–Trinajstić information content (AvgIpc) is 2.84. The number of aliphatic imine (C=N–C) groups is 1. The first-order valence-corrected chi connectivity index (χ1v) is 15.1. The Kier molecular flexibility index (Phi) is 26.1. The van der Waals surface area contributed by atoms with Crippen LogP contribution < -0.4 is 5.32 Å². The SMILES string of the molecule is [C-]#C[C-]=Nc1ccc(C(=O)N[C@@H](C)C(=O)OCCCCCCCCCC)cc1.[Cl][Pd+].[Cl][Pt+]. The number of unbranched alkanes of at least 4 members (excludes halogenated alkanes) is 7. The third kappa shape index (κ3) is 17.8. The Morgan fingerprint density at radius 3 is 2.19 bits per heavy atom. The molecule has 1 aromatic carbocycles. The number of rotatable bonds is 13. The quantitative estimate of drug-likeness (QED) is 0.0669. The number of nitrogens with one attached hydrogen (secondary N) is 1. The summed E-state index contributed by atoms with van der Waals surface area (Å²) in [6.07, 6.45) is 18.5. The van der Waals surface area contributed by atoms with Gasteiger partial charge in [-0.1, -0.05) is 51.9 Å². The Morgan fingerprint density at radius 2 is 1.66 bits per heavy atom. The summed E-state index contributed by atoms with van der Waals surface area (Å²) in [5.74, 6) is 1.16. The molecule has 0 aliphatic carbocycles. The van der Waals surface area contributed by atoms with Crippen LogP contribution in [0.3, 0.4) is 0 Å². The van der Waals surface area contributed by atoms with E-state index in [9.17, 15) is 9.59 Å². The summed E-state index contributed by atoms with van der Waals surface area (Å²) in [6.45, 7) is 4.21. The number of benzene rings is 1. The van der Waals surface area contributed by atoms with E-state index in [1.54, 1.807) is 50.0 Å². The predicted molar refractivity (Wildman–Crippen MR) is 123 cm³/mol. The standard InChI is InChI=1S/C23H30N2O3.2ClH.Pd.Pt/c1-4-6-7-8-9-10-11-12-18-28-23(27)19(3)25-22(26)20-13-15-21(16-14-20)24-17-5-2;;;;/h13-16,19H,4,6-12,18H2,1,3H3,(H,25,26);2*1H;;/q-2;;;2*+2/p-2/t19-;;;;/m0..../s1. The van der Waals surface area contributed by atoms with Crippen molar-refractivity contribution in [3.05, 3.63) is 36.3 Å². The van der Waals surface area contributed by atoms with Crippen molar-refractivity contribution in [3.63, 3.8) is 0 Å². The molecule has 1 N–H and O–H groups in total. The number of hydrogen-bond acceptors (Lipinski definition) is 4. The molecule has 0 aliphatic heterocycles. The van der Waals surface area contributed by atoms with Gasteiger partial charge in [0.15, 0.2) is 0 Å². The normalized spacial score (nSPS) is 10.7. The summed E-state index contributed by atoms with van der Waals surface area (Å²) in [6, 6.07) is 5.74. The molecule has 1 amide bonds. The van der Waals surface area contributed by atoms with Crippen LogP contribution in [0.4, 0.5) is 5.69 Å². The Hall–Kier alpha value is -0.679. The number of esters is 1. The van der Waals surface area contributed by atoms with Gasteiger partial charge >= 0.3 is 61.9 Å². The van der Waals surface area contributed by atoms with E-state index in [0.717, 1.165) is 12.8 Å². The molecule has 0 radical (unpaired) electrons. The van der Waals surface area contributed by atoms with Gasteiger partial charge in [0.05, 0.1) is 6.61 Å². The summed E-state index contributed by atoms with van der Waals surface area (Å²) in [5, 5.41) is 2.64. The molecule has 0 saturated carbocycles. The molecule has 1 aromatic rings. The van der Waals surface area contributed by atoms with Gasteiger partial charge in [0, 0.05) is 11.3 Å². The number of carbonyl (C=O) groups excluding carboxylic acids is 2. The minimum absolute atomic E-state index is 0.352. The molecule has 0 aromatic heterocycles. The maximum absolute atomic E-state index is 12.2. The van der Waals surface area contributed by atoms with E-state index in [2.05, 4.69) is 60.6 Å². The first-order valence-electron chi connectivity index (χ1n) is 10.3. The van der Waals surface area contributed by atoms with Crippen molar-refractivity contribution in [3.8, 4) is 5.92 Å². The van der Waals surface area contributed by atoms with Crippen LogP contribution in [0.5, 0.6) is 0 Å². The van der Waals surface area contributed by atoms with Gasteiger partial charge in [-0.3, -0.25) is 4.79 Å². The monoisotopic (exact) mass is 753 g/mol. The molecular weight excluding hydrogens is 725 g/mol. The Bertz CT molecular complexity index is 683. The molecular formula is C23H30Cl2N2O3PdPt. The zero-order valence-electron chi connectivity index (χ0n) is 18.3. The Balaban J connectivity index is 0. The first-order chi connectivity index (χ1) is 15.6. The average molecular weight is 755 g/mol. The van der Waals surface area contributed by atoms with Crippen molar-refractivity contribution < 1.29 is 51.3 Å². The first kappa shape index (κ1) is 33.5. The summed E-state index contributed by atoms with van der Waals surface area (Å²) in [5.41, 5.74) is 0.981. The number of carbonyl (C=O) groups is 2. The van der Waals surface area contributed by atoms with Gasteiger partial charge in [-0.15, -0.1) is 0 Å². The molecule has 32 heavy (non-hydrogen) atoms. The summed E-state index contributed by atoms with van der Waals surface area (Å²) >= 11 is 3.83. The van der Waals surface area contributed by atoms with Crippen LogP contribution in [0.2, 0.25) is 0 Å². The molecule has 0 saturated heterocycles. The molecule has 184 valence electrons. The second kappa shape index (κ2) is 25.0. The van der Waals surface area contributed by atoms with Gasteiger partial charge in [0.2, 0.25) is 0 Å².